The van der Waals surface area contributed by atoms with Crippen LogP contribution in [0, 0.1) is 5.41 Å². The first-order chi connectivity index (χ1) is 9.19. The molecule has 3 N–H and O–H groups in total. The van der Waals surface area contributed by atoms with Gasteiger partial charge in [0.1, 0.15) is 0 Å². The molecule has 0 aliphatic heterocycles. The highest BCUT2D eigenvalue weighted by Gasteiger charge is 2.41. The number of benzene rings is 1. The van der Waals surface area contributed by atoms with Gasteiger partial charge in [0.15, 0.2) is 0 Å². The van der Waals surface area contributed by atoms with Crippen LogP contribution in [0.5, 0.6) is 0 Å². The standard InChI is InChI=1S/C12H18N2O4S2/c1-2-12(7-8-12)9-14-20(17,18)11-5-3-10(4-6-11)19(13,15)16/h3-6,14H,2,7-9H2,1H3,(H2,13,15,16). The number of hydrogen-bond acceptors (Lipinski definition) is 4. The Balaban J connectivity index is 2.14. The Morgan fingerprint density at radius 2 is 1.60 bits per heavy atom. The van der Waals surface area contributed by atoms with Crippen LogP contribution in [0.3, 0.4) is 0 Å². The predicted octanol–water partition coefficient (Wildman–Crippen LogP) is 0.803. The van der Waals surface area contributed by atoms with Crippen molar-refractivity contribution in [2.24, 2.45) is 10.6 Å². The first-order valence-corrected chi connectivity index (χ1v) is 9.34. The molecule has 2 rings (SSSR count). The van der Waals surface area contributed by atoms with E-state index in [2.05, 4.69) is 4.72 Å². The van der Waals surface area contributed by atoms with Crippen molar-refractivity contribution in [3.05, 3.63) is 24.3 Å². The lowest BCUT2D eigenvalue weighted by Crippen LogP contribution is -2.30. The van der Waals surface area contributed by atoms with Gasteiger partial charge in [0.2, 0.25) is 20.0 Å². The molecule has 0 amide bonds. The van der Waals surface area contributed by atoms with Crippen LogP contribution < -0.4 is 9.86 Å². The minimum Gasteiger partial charge on any atom is -0.225 e. The SMILES string of the molecule is CCC1(CNS(=O)(=O)c2ccc(S(N)(=O)=O)cc2)CC1. The summed E-state index contributed by atoms with van der Waals surface area (Å²) in [6, 6.07) is 4.87. The number of nitrogens with two attached hydrogens (primary N) is 1. The normalized spacial score (nSPS) is 17.9. The Morgan fingerprint density at radius 3 is 2.00 bits per heavy atom. The van der Waals surface area contributed by atoms with E-state index in [0.717, 1.165) is 19.3 Å². The van der Waals surface area contributed by atoms with E-state index in [1.165, 1.54) is 24.3 Å². The van der Waals surface area contributed by atoms with Gasteiger partial charge in [-0.1, -0.05) is 6.92 Å². The largest absolute Gasteiger partial charge is 0.240 e. The van der Waals surface area contributed by atoms with Gasteiger partial charge < -0.3 is 0 Å². The van der Waals surface area contributed by atoms with E-state index < -0.39 is 20.0 Å². The summed E-state index contributed by atoms with van der Waals surface area (Å²) in [6.45, 7) is 2.46. The van der Waals surface area contributed by atoms with Crippen molar-refractivity contribution < 1.29 is 16.8 Å². The molecule has 0 radical (unpaired) electrons. The van der Waals surface area contributed by atoms with Crippen molar-refractivity contribution >= 4 is 20.0 Å². The zero-order valence-electron chi connectivity index (χ0n) is 11.2. The van der Waals surface area contributed by atoms with Crippen LogP contribution in [0.25, 0.3) is 0 Å². The van der Waals surface area contributed by atoms with E-state index in [0.29, 0.717) is 6.54 Å². The molecule has 0 unspecified atom stereocenters. The first-order valence-electron chi connectivity index (χ1n) is 6.31. The summed E-state index contributed by atoms with van der Waals surface area (Å²) in [5, 5.41) is 4.97. The van der Waals surface area contributed by atoms with Gasteiger partial charge in [-0.05, 0) is 48.9 Å². The minimum absolute atomic E-state index is 0.0387. The van der Waals surface area contributed by atoms with Gasteiger partial charge >= 0.3 is 0 Å². The molecular formula is C12H18N2O4S2. The number of nitrogens with one attached hydrogen (secondary N) is 1. The van der Waals surface area contributed by atoms with Crippen LogP contribution in [-0.4, -0.2) is 23.4 Å². The molecule has 1 aliphatic rings. The third kappa shape index (κ3) is 3.38. The highest BCUT2D eigenvalue weighted by atomic mass is 32.2. The van der Waals surface area contributed by atoms with E-state index in [1.54, 1.807) is 0 Å². The van der Waals surface area contributed by atoms with Crippen molar-refractivity contribution in [3.8, 4) is 0 Å². The summed E-state index contributed by atoms with van der Waals surface area (Å²) in [7, 11) is -7.42. The first kappa shape index (κ1) is 15.4. The molecule has 0 aromatic heterocycles. The van der Waals surface area contributed by atoms with Gasteiger partial charge in [-0.25, -0.2) is 26.7 Å². The Hall–Kier alpha value is -0.960. The summed E-state index contributed by atoms with van der Waals surface area (Å²) in [6.07, 6.45) is 3.02. The second-order valence-corrected chi connectivity index (χ2v) is 8.52. The highest BCUT2D eigenvalue weighted by Crippen LogP contribution is 2.48. The zero-order chi connectivity index (χ0) is 15.0. The number of primary sulfonamides is 1. The van der Waals surface area contributed by atoms with Crippen molar-refractivity contribution in [3.63, 3.8) is 0 Å². The van der Waals surface area contributed by atoms with Crippen LogP contribution in [-0.2, 0) is 20.0 Å². The highest BCUT2D eigenvalue weighted by molar-refractivity contribution is 7.89. The fourth-order valence-electron chi connectivity index (χ4n) is 1.97. The molecule has 0 saturated heterocycles. The fraction of sp³-hybridized carbons (Fsp3) is 0.500. The second-order valence-electron chi connectivity index (χ2n) is 5.19. The Morgan fingerprint density at radius 1 is 1.10 bits per heavy atom. The molecule has 8 heteroatoms. The third-order valence-corrected chi connectivity index (χ3v) is 6.15. The molecule has 1 aromatic carbocycles. The van der Waals surface area contributed by atoms with Crippen molar-refractivity contribution in [1.82, 2.24) is 4.72 Å². The smallest absolute Gasteiger partial charge is 0.225 e. The molecule has 0 bridgehead atoms. The number of hydrogen-bond donors (Lipinski definition) is 2. The average molecular weight is 318 g/mol. The molecule has 1 saturated carbocycles. The molecule has 1 aliphatic carbocycles. The molecule has 6 nitrogen and oxygen atoms in total. The monoisotopic (exact) mass is 318 g/mol. The molecule has 1 aromatic rings. The maximum Gasteiger partial charge on any atom is 0.240 e. The molecule has 112 valence electrons. The van der Waals surface area contributed by atoms with E-state index in [4.69, 9.17) is 5.14 Å². The summed E-state index contributed by atoms with van der Waals surface area (Å²) < 4.78 is 49.0. The third-order valence-electron chi connectivity index (χ3n) is 3.81. The molecular weight excluding hydrogens is 300 g/mol. The van der Waals surface area contributed by atoms with Gasteiger partial charge in [0, 0.05) is 6.54 Å². The zero-order valence-corrected chi connectivity index (χ0v) is 12.8. The molecule has 0 spiro atoms. The van der Waals surface area contributed by atoms with Gasteiger partial charge in [0.25, 0.3) is 0 Å². The van der Waals surface area contributed by atoms with E-state index in [9.17, 15) is 16.8 Å². The van der Waals surface area contributed by atoms with E-state index >= 15 is 0 Å². The topological polar surface area (TPSA) is 106 Å². The minimum atomic E-state index is -3.81. The van der Waals surface area contributed by atoms with E-state index in [-0.39, 0.29) is 15.2 Å². The molecule has 1 fully saturated rings. The number of sulfonamides is 2. The van der Waals surface area contributed by atoms with Crippen LogP contribution >= 0.6 is 0 Å². The summed E-state index contributed by atoms with van der Waals surface area (Å²) in [5.41, 5.74) is 0.105. The van der Waals surface area contributed by atoms with Crippen LogP contribution in [0.1, 0.15) is 26.2 Å². The van der Waals surface area contributed by atoms with Gasteiger partial charge in [-0.15, -0.1) is 0 Å². The van der Waals surface area contributed by atoms with Gasteiger partial charge in [0.05, 0.1) is 9.79 Å². The lowest BCUT2D eigenvalue weighted by molar-refractivity contribution is 0.475. The Bertz CT molecular complexity index is 689. The maximum atomic E-state index is 12.1. The fourth-order valence-corrected chi connectivity index (χ4v) is 3.64. The average Bonchev–Trinajstić information content (AvgIpc) is 3.16. The van der Waals surface area contributed by atoms with Crippen molar-refractivity contribution in [2.75, 3.05) is 6.54 Å². The van der Waals surface area contributed by atoms with Crippen LogP contribution in [0.4, 0.5) is 0 Å². The molecule has 20 heavy (non-hydrogen) atoms. The summed E-state index contributed by atoms with van der Waals surface area (Å²) in [4.78, 5) is -0.0690. The Labute approximate surface area is 119 Å². The van der Waals surface area contributed by atoms with Gasteiger partial charge in [-0.2, -0.15) is 0 Å². The van der Waals surface area contributed by atoms with Crippen molar-refractivity contribution in [2.45, 2.75) is 36.0 Å². The lowest BCUT2D eigenvalue weighted by atomic mass is 10.1. The van der Waals surface area contributed by atoms with E-state index in [1.807, 2.05) is 6.92 Å². The quantitative estimate of drug-likeness (QED) is 0.809. The Kier molecular flexibility index (Phi) is 3.94. The van der Waals surface area contributed by atoms with Crippen molar-refractivity contribution in [1.29, 1.82) is 0 Å². The lowest BCUT2D eigenvalue weighted by Gasteiger charge is -2.13. The predicted molar refractivity (Wildman–Crippen MR) is 75.0 cm³/mol. The number of rotatable bonds is 6. The molecule has 0 heterocycles. The van der Waals surface area contributed by atoms with Crippen LogP contribution in [0.15, 0.2) is 34.1 Å². The van der Waals surface area contributed by atoms with Gasteiger partial charge in [-0.3, -0.25) is 0 Å². The van der Waals surface area contributed by atoms with Crippen LogP contribution in [0.2, 0.25) is 0 Å². The second kappa shape index (κ2) is 5.10. The summed E-state index contributed by atoms with van der Waals surface area (Å²) in [5.74, 6) is 0. The maximum absolute atomic E-state index is 12.1. The summed E-state index contributed by atoms with van der Waals surface area (Å²) >= 11 is 0. The molecule has 0 atom stereocenters.